The lowest BCUT2D eigenvalue weighted by molar-refractivity contribution is -0.200. The highest BCUT2D eigenvalue weighted by atomic mass is 35.5. The average molecular weight is 649 g/mol. The molecule has 2 aliphatic rings. The maximum absolute atomic E-state index is 13.3. The molecule has 0 aromatic heterocycles. The first-order valence-corrected chi connectivity index (χ1v) is 18.7. The predicted molar refractivity (Wildman–Crippen MR) is 176 cm³/mol. The number of thioether (sulfide) groups is 1. The molecule has 0 spiro atoms. The molecule has 0 aromatic carbocycles. The van der Waals surface area contributed by atoms with Crippen molar-refractivity contribution >= 4 is 35.2 Å². The minimum atomic E-state index is -1.41. The van der Waals surface area contributed by atoms with Gasteiger partial charge in [0.2, 0.25) is 5.91 Å². The first kappa shape index (κ1) is 38.6. The van der Waals surface area contributed by atoms with Gasteiger partial charge in [-0.25, -0.2) is 0 Å². The predicted octanol–water partition coefficient (Wildman–Crippen LogP) is 5.89. The fourth-order valence-corrected chi connectivity index (χ4v) is 7.61. The van der Waals surface area contributed by atoms with E-state index in [1.165, 1.54) is 69.5 Å². The Hall–Kier alpha value is -0.580. The molecule has 0 radical (unpaired) electrons. The number of likely N-dealkylation sites (N-methyl/N-ethyl adjacent to an activating group) is 1. The van der Waals surface area contributed by atoms with Gasteiger partial charge >= 0.3 is 5.97 Å². The van der Waals surface area contributed by atoms with E-state index < -0.39 is 47.1 Å². The molecule has 43 heavy (non-hydrogen) atoms. The van der Waals surface area contributed by atoms with Gasteiger partial charge < -0.3 is 25.0 Å². The van der Waals surface area contributed by atoms with Crippen molar-refractivity contribution in [2.45, 2.75) is 158 Å². The Kier molecular flexibility index (Phi) is 19.1. The highest BCUT2D eigenvalue weighted by Gasteiger charge is 2.52. The van der Waals surface area contributed by atoms with Crippen molar-refractivity contribution in [1.29, 1.82) is 0 Å². The second-order valence-electron chi connectivity index (χ2n) is 12.8. The monoisotopic (exact) mass is 648 g/mol. The maximum Gasteiger partial charge on any atom is 0.315 e. The van der Waals surface area contributed by atoms with Crippen molar-refractivity contribution in [3.8, 4) is 0 Å². The van der Waals surface area contributed by atoms with Crippen molar-refractivity contribution in [3.63, 3.8) is 0 Å². The minimum absolute atomic E-state index is 0.159. The van der Waals surface area contributed by atoms with E-state index in [1.54, 1.807) is 13.2 Å². The van der Waals surface area contributed by atoms with Crippen LogP contribution in [-0.4, -0.2) is 94.7 Å². The van der Waals surface area contributed by atoms with Crippen LogP contribution in [0.15, 0.2) is 0 Å². The van der Waals surface area contributed by atoms with Gasteiger partial charge in [0.25, 0.3) is 0 Å². The number of likely N-dealkylation sites (tertiary alicyclic amines) is 1. The van der Waals surface area contributed by atoms with Gasteiger partial charge in [-0.3, -0.25) is 14.5 Å². The van der Waals surface area contributed by atoms with Crippen molar-refractivity contribution in [1.82, 2.24) is 10.2 Å². The molecule has 10 heteroatoms. The summed E-state index contributed by atoms with van der Waals surface area (Å²) in [7, 11) is 1.95. The molecule has 2 aliphatic heterocycles. The molecule has 0 bridgehead atoms. The molecular formula is C33H61ClN2O6S. The number of halogens is 1. The first-order chi connectivity index (χ1) is 20.7. The molecule has 0 unspecified atom stereocenters. The molecule has 252 valence electrons. The van der Waals surface area contributed by atoms with E-state index in [9.17, 15) is 19.8 Å². The van der Waals surface area contributed by atoms with Gasteiger partial charge in [-0.2, -0.15) is 0 Å². The normalized spacial score (nSPS) is 29.3. The van der Waals surface area contributed by atoms with Crippen molar-refractivity contribution < 1.29 is 29.3 Å². The summed E-state index contributed by atoms with van der Waals surface area (Å²) in [4.78, 5) is 28.4. The third-order valence-electron chi connectivity index (χ3n) is 9.18. The lowest BCUT2D eigenvalue weighted by atomic mass is 9.87. The highest BCUT2D eigenvalue weighted by molar-refractivity contribution is 7.99. The molecule has 2 heterocycles. The van der Waals surface area contributed by atoms with Crippen LogP contribution < -0.4 is 5.32 Å². The molecule has 8 nitrogen and oxygen atoms in total. The molecule has 2 saturated heterocycles. The van der Waals surface area contributed by atoms with Crippen LogP contribution in [0, 0.1) is 11.8 Å². The summed E-state index contributed by atoms with van der Waals surface area (Å²) in [6, 6.07) is -1.02. The fraction of sp³-hybridized carbons (Fsp3) is 0.939. The number of nitrogens with one attached hydrogen (secondary N) is 1. The zero-order chi connectivity index (χ0) is 31.8. The van der Waals surface area contributed by atoms with E-state index >= 15 is 0 Å². The Labute approximate surface area is 270 Å². The summed E-state index contributed by atoms with van der Waals surface area (Å²) in [5.74, 6) is -1.29. The topological polar surface area (TPSA) is 108 Å². The molecular weight excluding hydrogens is 588 g/mol. The summed E-state index contributed by atoms with van der Waals surface area (Å²) in [6.07, 6.45) is 15.6. The lowest BCUT2D eigenvalue weighted by Crippen LogP contribution is -2.64. The highest BCUT2D eigenvalue weighted by Crippen LogP contribution is 2.35. The van der Waals surface area contributed by atoms with Crippen LogP contribution in [-0.2, 0) is 19.1 Å². The number of aliphatic hydroxyl groups is 2. The van der Waals surface area contributed by atoms with Gasteiger partial charge in [-0.05, 0) is 45.4 Å². The van der Waals surface area contributed by atoms with Gasteiger partial charge in [-0.1, -0.05) is 90.9 Å². The Morgan fingerprint density at radius 1 is 0.977 bits per heavy atom. The van der Waals surface area contributed by atoms with Crippen LogP contribution in [0.1, 0.15) is 117 Å². The number of carbonyl (C=O) groups excluding carboxylic acids is 2. The van der Waals surface area contributed by atoms with Crippen molar-refractivity contribution in [2.75, 3.05) is 26.5 Å². The van der Waals surface area contributed by atoms with Gasteiger partial charge in [0, 0.05) is 6.54 Å². The number of aliphatic hydroxyl groups excluding tert-OH is 2. The van der Waals surface area contributed by atoms with E-state index in [1.807, 2.05) is 7.05 Å². The van der Waals surface area contributed by atoms with Gasteiger partial charge in [0.1, 0.15) is 23.6 Å². The summed E-state index contributed by atoms with van der Waals surface area (Å²) in [5, 5.41) is 24.6. The summed E-state index contributed by atoms with van der Waals surface area (Å²) in [5.41, 5.74) is -0.740. The minimum Gasteiger partial charge on any atom is -0.465 e. The van der Waals surface area contributed by atoms with Gasteiger partial charge in [-0.15, -0.1) is 23.4 Å². The molecule has 0 aliphatic carbocycles. The largest absolute Gasteiger partial charge is 0.465 e. The second-order valence-corrected chi connectivity index (χ2v) is 14.5. The molecule has 0 aromatic rings. The summed E-state index contributed by atoms with van der Waals surface area (Å²) < 4.78 is 11.7. The molecule has 2 rings (SSSR count). The van der Waals surface area contributed by atoms with Gasteiger partial charge in [0.05, 0.1) is 30.2 Å². The number of ether oxygens (including phenoxy) is 2. The molecule has 9 atom stereocenters. The Morgan fingerprint density at radius 3 is 2.09 bits per heavy atom. The Balaban J connectivity index is 1.80. The number of carbonyl (C=O) groups is 2. The number of alkyl halides is 1. The SMILES string of the molecule is CCCCCCCCCCCCCCOC(=O)[C@@H]1[C@@H](O)[C@@H](O)[C@@H]([C@H](NC(=O)[C@@H]2C[C@@H](CCC)CN2C)[C@H](C)Cl)O[C@@H]1SC. The summed E-state index contributed by atoms with van der Waals surface area (Å²) >= 11 is 7.79. The molecule has 3 N–H and O–H groups in total. The Morgan fingerprint density at radius 2 is 1.56 bits per heavy atom. The Bertz CT molecular complexity index is 790. The van der Waals surface area contributed by atoms with Crippen molar-refractivity contribution in [3.05, 3.63) is 0 Å². The third-order valence-corrected chi connectivity index (χ3v) is 10.3. The van der Waals surface area contributed by atoms with E-state index in [4.69, 9.17) is 21.1 Å². The zero-order valence-corrected chi connectivity index (χ0v) is 29.1. The lowest BCUT2D eigenvalue weighted by Gasteiger charge is -2.44. The number of hydrogen-bond donors (Lipinski definition) is 3. The van der Waals surface area contributed by atoms with Crippen LogP contribution in [0.3, 0.4) is 0 Å². The van der Waals surface area contributed by atoms with Crippen LogP contribution in [0.5, 0.6) is 0 Å². The van der Waals surface area contributed by atoms with Crippen LogP contribution in [0.25, 0.3) is 0 Å². The van der Waals surface area contributed by atoms with Crippen molar-refractivity contribution in [2.24, 2.45) is 11.8 Å². The average Bonchev–Trinajstić information content (AvgIpc) is 3.35. The number of esters is 1. The zero-order valence-electron chi connectivity index (χ0n) is 27.5. The number of hydrogen-bond acceptors (Lipinski definition) is 8. The number of unbranched alkanes of at least 4 members (excludes halogenated alkanes) is 11. The van der Waals surface area contributed by atoms with E-state index in [0.717, 1.165) is 45.1 Å². The second kappa shape index (κ2) is 21.3. The molecule has 1 amide bonds. The number of rotatable bonds is 21. The maximum atomic E-state index is 13.3. The smallest absolute Gasteiger partial charge is 0.315 e. The molecule has 2 fully saturated rings. The van der Waals surface area contributed by atoms with E-state index in [0.29, 0.717) is 5.92 Å². The fourth-order valence-electron chi connectivity index (χ4n) is 6.60. The number of nitrogens with zero attached hydrogens (tertiary/aromatic N) is 1. The number of amides is 1. The standard InChI is InChI=1S/C33H61ClN2O6S/c1-6-8-9-10-11-12-13-14-15-16-17-18-20-41-32(40)26-28(37)29(38)30(42-33(26)43-5)27(23(3)34)35-31(39)25-21-24(19-7-2)22-36(25)4/h23-30,33,37-38H,6-22H2,1-5H3,(H,35,39)/t23-,24+,25-,26-,27+,28+,29+,30+,33+/m0/s1. The van der Waals surface area contributed by atoms with Crippen LogP contribution in [0.2, 0.25) is 0 Å². The van der Waals surface area contributed by atoms with Gasteiger partial charge in [0.15, 0.2) is 0 Å². The van der Waals surface area contributed by atoms with Crippen LogP contribution >= 0.6 is 23.4 Å². The van der Waals surface area contributed by atoms with E-state index in [-0.39, 0.29) is 18.6 Å². The molecule has 0 saturated carbocycles. The van der Waals surface area contributed by atoms with Crippen LogP contribution in [0.4, 0.5) is 0 Å². The van der Waals surface area contributed by atoms with E-state index in [2.05, 4.69) is 24.1 Å². The first-order valence-electron chi connectivity index (χ1n) is 17.0. The summed E-state index contributed by atoms with van der Waals surface area (Å²) in [6.45, 7) is 7.28. The quantitative estimate of drug-likeness (QED) is 0.0804. The third kappa shape index (κ3) is 12.6.